The van der Waals surface area contributed by atoms with Gasteiger partial charge in [0.2, 0.25) is 5.91 Å². The molecule has 22 heavy (non-hydrogen) atoms. The van der Waals surface area contributed by atoms with Crippen LogP contribution in [0.5, 0.6) is 5.75 Å². The average molecular weight is 326 g/mol. The molecule has 1 aromatic carbocycles. The van der Waals surface area contributed by atoms with Crippen molar-refractivity contribution in [3.05, 3.63) is 29.8 Å². The van der Waals surface area contributed by atoms with Crippen molar-refractivity contribution in [3.63, 3.8) is 0 Å². The Morgan fingerprint density at radius 3 is 2.59 bits per heavy atom. The van der Waals surface area contributed by atoms with Crippen LogP contribution in [0.15, 0.2) is 24.3 Å². The number of hydrogen-bond donors (Lipinski definition) is 1. The van der Waals surface area contributed by atoms with Gasteiger partial charge in [0, 0.05) is 12.6 Å². The van der Waals surface area contributed by atoms with E-state index in [1.807, 2.05) is 36.2 Å². The highest BCUT2D eigenvalue weighted by Crippen LogP contribution is 2.13. The summed E-state index contributed by atoms with van der Waals surface area (Å²) >= 11 is 0. The first kappa shape index (κ1) is 16.8. The molecule has 0 bridgehead atoms. The molecular formula is C15H22N2O4S. The number of ether oxygens (including phenoxy) is 1. The van der Waals surface area contributed by atoms with Crippen LogP contribution in [0.3, 0.4) is 0 Å². The molecule has 1 heterocycles. The number of carbonyl (C=O) groups excluding carboxylic acids is 1. The van der Waals surface area contributed by atoms with Crippen molar-refractivity contribution in [2.24, 2.45) is 0 Å². The van der Waals surface area contributed by atoms with E-state index < -0.39 is 9.84 Å². The van der Waals surface area contributed by atoms with Crippen LogP contribution < -0.4 is 10.1 Å². The molecule has 2 rings (SSSR count). The van der Waals surface area contributed by atoms with Crippen molar-refractivity contribution < 1.29 is 17.9 Å². The maximum Gasteiger partial charge on any atom is 0.234 e. The van der Waals surface area contributed by atoms with Crippen LogP contribution in [0.1, 0.15) is 12.0 Å². The highest BCUT2D eigenvalue weighted by molar-refractivity contribution is 7.91. The third-order valence-corrected chi connectivity index (χ3v) is 5.39. The molecule has 1 aliphatic rings. The van der Waals surface area contributed by atoms with Crippen LogP contribution in [0, 0.1) is 0 Å². The topological polar surface area (TPSA) is 75.7 Å². The third-order valence-electron chi connectivity index (χ3n) is 3.62. The number of carbonyl (C=O) groups is 1. The number of nitrogens with one attached hydrogen (secondary N) is 1. The largest absolute Gasteiger partial charge is 0.497 e. The van der Waals surface area contributed by atoms with Crippen molar-refractivity contribution in [1.29, 1.82) is 0 Å². The van der Waals surface area contributed by atoms with E-state index in [1.54, 1.807) is 7.11 Å². The average Bonchev–Trinajstić information content (AvgIpc) is 2.78. The van der Waals surface area contributed by atoms with E-state index in [2.05, 4.69) is 5.32 Å². The van der Waals surface area contributed by atoms with Crippen molar-refractivity contribution in [3.8, 4) is 5.75 Å². The molecule has 122 valence electrons. The molecule has 1 N–H and O–H groups in total. The lowest BCUT2D eigenvalue weighted by Gasteiger charge is -2.18. The maximum absolute atomic E-state index is 11.9. The quantitative estimate of drug-likeness (QED) is 0.820. The second kappa shape index (κ2) is 7.11. The van der Waals surface area contributed by atoms with Crippen LogP contribution in [0.25, 0.3) is 0 Å². The molecule has 1 fully saturated rings. The summed E-state index contributed by atoms with van der Waals surface area (Å²) in [5.41, 5.74) is 1.08. The summed E-state index contributed by atoms with van der Waals surface area (Å²) in [4.78, 5) is 13.8. The molecule has 0 aromatic heterocycles. The first-order valence-electron chi connectivity index (χ1n) is 7.19. The van der Waals surface area contributed by atoms with Gasteiger partial charge in [0.25, 0.3) is 0 Å². The van der Waals surface area contributed by atoms with E-state index in [0.717, 1.165) is 11.3 Å². The molecule has 1 aliphatic heterocycles. The molecule has 0 unspecified atom stereocenters. The van der Waals surface area contributed by atoms with E-state index in [4.69, 9.17) is 4.74 Å². The first-order chi connectivity index (χ1) is 10.4. The number of amides is 1. The summed E-state index contributed by atoms with van der Waals surface area (Å²) in [6.07, 6.45) is 0.510. The SMILES string of the molecule is COc1ccc(CN(C)CC(=O)N[C@@H]2CCS(=O)(=O)C2)cc1. The van der Waals surface area contributed by atoms with Crippen LogP contribution in [0.2, 0.25) is 0 Å². The molecule has 1 atom stereocenters. The molecule has 1 aromatic rings. The Morgan fingerprint density at radius 1 is 1.36 bits per heavy atom. The zero-order valence-corrected chi connectivity index (χ0v) is 13.7. The van der Waals surface area contributed by atoms with Crippen molar-refractivity contribution in [2.75, 3.05) is 32.2 Å². The van der Waals surface area contributed by atoms with E-state index in [9.17, 15) is 13.2 Å². The van der Waals surface area contributed by atoms with Gasteiger partial charge in [-0.3, -0.25) is 9.69 Å². The number of methoxy groups -OCH3 is 1. The second-order valence-corrected chi connectivity index (χ2v) is 7.92. The number of hydrogen-bond acceptors (Lipinski definition) is 5. The van der Waals surface area contributed by atoms with E-state index >= 15 is 0 Å². The van der Waals surface area contributed by atoms with E-state index in [1.165, 1.54) is 0 Å². The van der Waals surface area contributed by atoms with Gasteiger partial charge in [0.15, 0.2) is 9.84 Å². The van der Waals surface area contributed by atoms with Crippen LogP contribution in [-0.2, 0) is 21.2 Å². The van der Waals surface area contributed by atoms with Gasteiger partial charge < -0.3 is 10.1 Å². The Hall–Kier alpha value is -1.60. The zero-order valence-electron chi connectivity index (χ0n) is 12.9. The Bertz CT molecular complexity index is 613. The third kappa shape index (κ3) is 4.99. The second-order valence-electron chi connectivity index (χ2n) is 5.69. The predicted molar refractivity (Wildman–Crippen MR) is 84.5 cm³/mol. The highest BCUT2D eigenvalue weighted by Gasteiger charge is 2.28. The van der Waals surface area contributed by atoms with Gasteiger partial charge in [0.1, 0.15) is 5.75 Å². The van der Waals surface area contributed by atoms with E-state index in [0.29, 0.717) is 13.0 Å². The molecule has 1 saturated heterocycles. The van der Waals surface area contributed by atoms with Gasteiger partial charge in [-0.25, -0.2) is 8.42 Å². The Morgan fingerprint density at radius 2 is 2.05 bits per heavy atom. The smallest absolute Gasteiger partial charge is 0.234 e. The predicted octanol–water partition coefficient (Wildman–Crippen LogP) is 0.430. The zero-order chi connectivity index (χ0) is 16.2. The maximum atomic E-state index is 11.9. The van der Waals surface area contributed by atoms with E-state index in [-0.39, 0.29) is 30.0 Å². The number of sulfone groups is 1. The summed E-state index contributed by atoms with van der Waals surface area (Å²) in [7, 11) is 0.511. The van der Waals surface area contributed by atoms with Crippen molar-refractivity contribution in [2.45, 2.75) is 19.0 Å². The number of likely N-dealkylation sites (N-methyl/N-ethyl adjacent to an activating group) is 1. The Kier molecular flexibility index (Phi) is 5.42. The molecule has 0 spiro atoms. The minimum absolute atomic E-state index is 0.0565. The van der Waals surface area contributed by atoms with Gasteiger partial charge in [-0.15, -0.1) is 0 Å². The lowest BCUT2D eigenvalue weighted by atomic mass is 10.2. The standard InChI is InChI=1S/C15H22N2O4S/c1-17(9-12-3-5-14(21-2)6-4-12)10-15(18)16-13-7-8-22(19,20)11-13/h3-6,13H,7-11H2,1-2H3,(H,16,18)/t13-/m1/s1. The fraction of sp³-hybridized carbons (Fsp3) is 0.533. The molecule has 0 aliphatic carbocycles. The van der Waals surface area contributed by atoms with Crippen LogP contribution >= 0.6 is 0 Å². The molecule has 7 heteroatoms. The number of benzene rings is 1. The van der Waals surface area contributed by atoms with Crippen LogP contribution in [-0.4, -0.2) is 57.5 Å². The minimum atomic E-state index is -2.96. The molecule has 6 nitrogen and oxygen atoms in total. The fourth-order valence-corrected chi connectivity index (χ4v) is 4.20. The van der Waals surface area contributed by atoms with Gasteiger partial charge in [-0.2, -0.15) is 0 Å². The summed E-state index contributed by atoms with van der Waals surface area (Å²) < 4.78 is 27.8. The highest BCUT2D eigenvalue weighted by atomic mass is 32.2. The number of rotatable bonds is 6. The summed E-state index contributed by atoms with van der Waals surface area (Å²) in [6.45, 7) is 0.878. The molecule has 0 radical (unpaired) electrons. The summed E-state index contributed by atoms with van der Waals surface area (Å²) in [5.74, 6) is 0.880. The molecular weight excluding hydrogens is 304 g/mol. The molecule has 0 saturated carbocycles. The van der Waals surface area contributed by atoms with Crippen LogP contribution in [0.4, 0.5) is 0 Å². The lowest BCUT2D eigenvalue weighted by Crippen LogP contribution is -2.41. The lowest BCUT2D eigenvalue weighted by molar-refractivity contribution is -0.122. The first-order valence-corrected chi connectivity index (χ1v) is 9.01. The molecule has 1 amide bonds. The summed E-state index contributed by atoms with van der Waals surface area (Å²) in [5, 5.41) is 2.79. The Balaban J connectivity index is 1.78. The van der Waals surface area contributed by atoms with Gasteiger partial charge in [0.05, 0.1) is 25.2 Å². The fourth-order valence-electron chi connectivity index (χ4n) is 2.53. The monoisotopic (exact) mass is 326 g/mol. The van der Waals surface area contributed by atoms with Gasteiger partial charge >= 0.3 is 0 Å². The van der Waals surface area contributed by atoms with Crippen molar-refractivity contribution in [1.82, 2.24) is 10.2 Å². The van der Waals surface area contributed by atoms with Crippen molar-refractivity contribution >= 4 is 15.7 Å². The number of nitrogens with zero attached hydrogens (tertiary/aromatic N) is 1. The van der Waals surface area contributed by atoms with Gasteiger partial charge in [-0.1, -0.05) is 12.1 Å². The van der Waals surface area contributed by atoms with Gasteiger partial charge in [-0.05, 0) is 31.2 Å². The minimum Gasteiger partial charge on any atom is -0.497 e. The normalized spacial score (nSPS) is 20.0. The summed E-state index contributed by atoms with van der Waals surface area (Å²) in [6, 6.07) is 7.43. The Labute approximate surface area is 131 Å².